The van der Waals surface area contributed by atoms with Crippen LogP contribution in [0.2, 0.25) is 5.02 Å². The standard InChI is InChI=1S/C16H22ClNO3/c1-11(2)9-13(16(20)21)10-18-15(19)8-7-12-5-3-4-6-14(12)17/h3-6,11,13H,7-10H2,1-2H3,(H,18,19)(H,20,21). The van der Waals surface area contributed by atoms with Gasteiger partial charge in [-0.05, 0) is 30.4 Å². The molecule has 1 atom stereocenters. The first-order valence-electron chi connectivity index (χ1n) is 7.13. The van der Waals surface area contributed by atoms with Crippen molar-refractivity contribution in [1.82, 2.24) is 5.32 Å². The Kier molecular flexibility index (Phi) is 7.23. The Morgan fingerprint density at radius 1 is 1.29 bits per heavy atom. The molecule has 0 aliphatic rings. The van der Waals surface area contributed by atoms with Crippen molar-refractivity contribution >= 4 is 23.5 Å². The number of hydrogen-bond acceptors (Lipinski definition) is 2. The Bertz CT molecular complexity index is 488. The van der Waals surface area contributed by atoms with Crippen LogP contribution in [0.3, 0.4) is 0 Å². The van der Waals surface area contributed by atoms with Crippen LogP contribution in [0.4, 0.5) is 0 Å². The minimum atomic E-state index is -0.866. The molecule has 1 aromatic carbocycles. The van der Waals surface area contributed by atoms with Gasteiger partial charge in [0.1, 0.15) is 0 Å². The third-order valence-corrected chi connectivity index (χ3v) is 3.60. The van der Waals surface area contributed by atoms with Gasteiger partial charge in [0, 0.05) is 18.0 Å². The first kappa shape index (κ1) is 17.5. The van der Waals surface area contributed by atoms with Gasteiger partial charge >= 0.3 is 5.97 Å². The molecule has 0 aliphatic heterocycles. The summed E-state index contributed by atoms with van der Waals surface area (Å²) in [6.45, 7) is 4.11. The van der Waals surface area contributed by atoms with E-state index in [1.807, 2.05) is 32.0 Å². The number of hydrogen-bond donors (Lipinski definition) is 2. The largest absolute Gasteiger partial charge is 0.481 e. The number of aliphatic carboxylic acids is 1. The Morgan fingerprint density at radius 3 is 2.52 bits per heavy atom. The van der Waals surface area contributed by atoms with E-state index in [0.29, 0.717) is 24.3 Å². The van der Waals surface area contributed by atoms with Crippen molar-refractivity contribution in [3.8, 4) is 0 Å². The van der Waals surface area contributed by atoms with E-state index in [1.165, 1.54) is 0 Å². The molecule has 5 heteroatoms. The number of benzene rings is 1. The van der Waals surface area contributed by atoms with Crippen molar-refractivity contribution in [3.63, 3.8) is 0 Å². The highest BCUT2D eigenvalue weighted by molar-refractivity contribution is 6.31. The van der Waals surface area contributed by atoms with Gasteiger partial charge < -0.3 is 10.4 Å². The molecule has 116 valence electrons. The summed E-state index contributed by atoms with van der Waals surface area (Å²) in [6.07, 6.45) is 1.41. The van der Waals surface area contributed by atoms with E-state index in [9.17, 15) is 9.59 Å². The van der Waals surface area contributed by atoms with Crippen LogP contribution in [0.1, 0.15) is 32.3 Å². The van der Waals surface area contributed by atoms with Crippen LogP contribution in [0.15, 0.2) is 24.3 Å². The van der Waals surface area contributed by atoms with Gasteiger partial charge in [0.05, 0.1) is 5.92 Å². The topological polar surface area (TPSA) is 66.4 Å². The van der Waals surface area contributed by atoms with Gasteiger partial charge in [-0.2, -0.15) is 0 Å². The number of halogens is 1. The maximum atomic E-state index is 11.8. The van der Waals surface area contributed by atoms with Crippen molar-refractivity contribution in [3.05, 3.63) is 34.9 Å². The number of carboxylic acids is 1. The van der Waals surface area contributed by atoms with Crippen LogP contribution in [0, 0.1) is 11.8 Å². The van der Waals surface area contributed by atoms with Crippen molar-refractivity contribution in [2.45, 2.75) is 33.1 Å². The van der Waals surface area contributed by atoms with Gasteiger partial charge in [0.15, 0.2) is 0 Å². The lowest BCUT2D eigenvalue weighted by Crippen LogP contribution is -2.33. The molecule has 4 nitrogen and oxygen atoms in total. The molecule has 0 bridgehead atoms. The number of carbonyl (C=O) groups excluding carboxylic acids is 1. The van der Waals surface area contributed by atoms with Crippen molar-refractivity contribution in [2.24, 2.45) is 11.8 Å². The van der Waals surface area contributed by atoms with E-state index >= 15 is 0 Å². The lowest BCUT2D eigenvalue weighted by atomic mass is 9.97. The zero-order valence-electron chi connectivity index (χ0n) is 12.4. The first-order chi connectivity index (χ1) is 9.90. The molecular formula is C16H22ClNO3. The van der Waals surface area contributed by atoms with E-state index in [4.69, 9.17) is 16.7 Å². The molecule has 21 heavy (non-hydrogen) atoms. The van der Waals surface area contributed by atoms with Crippen LogP contribution < -0.4 is 5.32 Å². The van der Waals surface area contributed by atoms with E-state index in [0.717, 1.165) is 5.56 Å². The summed E-state index contributed by atoms with van der Waals surface area (Å²) in [5, 5.41) is 12.5. The van der Waals surface area contributed by atoms with Crippen LogP contribution in [0.25, 0.3) is 0 Å². The van der Waals surface area contributed by atoms with Crippen LogP contribution in [0.5, 0.6) is 0 Å². The minimum Gasteiger partial charge on any atom is -0.481 e. The van der Waals surface area contributed by atoms with Gasteiger partial charge in [-0.15, -0.1) is 0 Å². The Balaban J connectivity index is 2.39. The van der Waals surface area contributed by atoms with Crippen LogP contribution in [-0.4, -0.2) is 23.5 Å². The monoisotopic (exact) mass is 311 g/mol. The average Bonchev–Trinajstić information content (AvgIpc) is 2.41. The summed E-state index contributed by atoms with van der Waals surface area (Å²) in [5.41, 5.74) is 0.922. The summed E-state index contributed by atoms with van der Waals surface area (Å²) >= 11 is 6.02. The Labute approximate surface area is 130 Å². The van der Waals surface area contributed by atoms with Gasteiger partial charge in [0.2, 0.25) is 5.91 Å². The average molecular weight is 312 g/mol. The molecule has 2 N–H and O–H groups in total. The fourth-order valence-electron chi connectivity index (χ4n) is 2.12. The fourth-order valence-corrected chi connectivity index (χ4v) is 2.35. The molecule has 0 radical (unpaired) electrons. The molecule has 0 aliphatic carbocycles. The molecule has 0 saturated carbocycles. The highest BCUT2D eigenvalue weighted by Gasteiger charge is 2.19. The highest BCUT2D eigenvalue weighted by Crippen LogP contribution is 2.16. The number of nitrogens with one attached hydrogen (secondary N) is 1. The molecule has 1 aromatic rings. The predicted molar refractivity (Wildman–Crippen MR) is 83.4 cm³/mol. The van der Waals surface area contributed by atoms with E-state index in [-0.39, 0.29) is 18.4 Å². The lowest BCUT2D eigenvalue weighted by Gasteiger charge is -2.15. The normalized spacial score (nSPS) is 12.2. The molecule has 0 spiro atoms. The number of carboxylic acid groups (broad SMARTS) is 1. The molecule has 0 aromatic heterocycles. The van der Waals surface area contributed by atoms with Crippen LogP contribution >= 0.6 is 11.6 Å². The summed E-state index contributed by atoms with van der Waals surface area (Å²) in [4.78, 5) is 22.9. The smallest absolute Gasteiger partial charge is 0.308 e. The number of aryl methyl sites for hydroxylation is 1. The molecule has 0 fully saturated rings. The third-order valence-electron chi connectivity index (χ3n) is 3.23. The van der Waals surface area contributed by atoms with Gasteiger partial charge in [0.25, 0.3) is 0 Å². The van der Waals surface area contributed by atoms with Gasteiger partial charge in [-0.3, -0.25) is 9.59 Å². The Morgan fingerprint density at radius 2 is 1.95 bits per heavy atom. The number of rotatable bonds is 8. The maximum absolute atomic E-state index is 11.8. The zero-order valence-corrected chi connectivity index (χ0v) is 13.2. The summed E-state index contributed by atoms with van der Waals surface area (Å²) in [6, 6.07) is 7.39. The van der Waals surface area contributed by atoms with Gasteiger partial charge in [-0.1, -0.05) is 43.6 Å². The van der Waals surface area contributed by atoms with E-state index < -0.39 is 11.9 Å². The summed E-state index contributed by atoms with van der Waals surface area (Å²) < 4.78 is 0. The minimum absolute atomic E-state index is 0.148. The maximum Gasteiger partial charge on any atom is 0.308 e. The second-order valence-electron chi connectivity index (χ2n) is 5.56. The number of amides is 1. The zero-order chi connectivity index (χ0) is 15.8. The lowest BCUT2D eigenvalue weighted by molar-refractivity contribution is -0.142. The first-order valence-corrected chi connectivity index (χ1v) is 7.50. The van der Waals surface area contributed by atoms with Crippen molar-refractivity contribution in [1.29, 1.82) is 0 Å². The van der Waals surface area contributed by atoms with Gasteiger partial charge in [-0.25, -0.2) is 0 Å². The van der Waals surface area contributed by atoms with Crippen LogP contribution in [-0.2, 0) is 16.0 Å². The van der Waals surface area contributed by atoms with E-state index in [2.05, 4.69) is 5.32 Å². The van der Waals surface area contributed by atoms with Crippen molar-refractivity contribution < 1.29 is 14.7 Å². The molecular weight excluding hydrogens is 290 g/mol. The third kappa shape index (κ3) is 6.63. The molecule has 1 amide bonds. The second-order valence-corrected chi connectivity index (χ2v) is 5.97. The summed E-state index contributed by atoms with van der Waals surface area (Å²) in [7, 11) is 0. The Hall–Kier alpha value is -1.55. The molecule has 0 heterocycles. The predicted octanol–water partition coefficient (Wildman–Crippen LogP) is 3.14. The van der Waals surface area contributed by atoms with Crippen molar-refractivity contribution in [2.75, 3.05) is 6.54 Å². The second kappa shape index (κ2) is 8.67. The number of carbonyl (C=O) groups is 2. The quantitative estimate of drug-likeness (QED) is 0.775. The highest BCUT2D eigenvalue weighted by atomic mass is 35.5. The molecule has 1 unspecified atom stereocenters. The summed E-state index contributed by atoms with van der Waals surface area (Å²) in [5.74, 6) is -1.26. The fraction of sp³-hybridized carbons (Fsp3) is 0.500. The molecule has 1 rings (SSSR count). The molecule has 0 saturated heterocycles. The van der Waals surface area contributed by atoms with E-state index in [1.54, 1.807) is 6.07 Å². The SMILES string of the molecule is CC(C)CC(CNC(=O)CCc1ccccc1Cl)C(=O)O.